The van der Waals surface area contributed by atoms with Crippen LogP contribution in [0.15, 0.2) is 29.3 Å². The smallest absolute Gasteiger partial charge is 0.239 e. The van der Waals surface area contributed by atoms with Crippen molar-refractivity contribution < 1.29 is 4.79 Å². The van der Waals surface area contributed by atoms with Gasteiger partial charge in [-0.1, -0.05) is 11.6 Å². The lowest BCUT2D eigenvalue weighted by Crippen LogP contribution is -2.07. The van der Waals surface area contributed by atoms with Crippen molar-refractivity contribution in [3.8, 4) is 0 Å². The van der Waals surface area contributed by atoms with Crippen molar-refractivity contribution in [2.24, 2.45) is 0 Å². The van der Waals surface area contributed by atoms with Crippen molar-refractivity contribution in [3.05, 3.63) is 34.7 Å². The van der Waals surface area contributed by atoms with E-state index in [4.69, 9.17) is 11.6 Å². The fourth-order valence-corrected chi connectivity index (χ4v) is 0.766. The normalized spacial score (nSPS) is 12.5. The second kappa shape index (κ2) is 3.34. The highest BCUT2D eigenvalue weighted by Gasteiger charge is 2.01. The van der Waals surface area contributed by atoms with E-state index in [9.17, 15) is 9.59 Å². The van der Waals surface area contributed by atoms with E-state index in [1.54, 1.807) is 6.29 Å². The predicted octanol–water partition coefficient (Wildman–Crippen LogP) is 0.695. The van der Waals surface area contributed by atoms with Crippen LogP contribution in [0.2, 0.25) is 0 Å². The summed E-state index contributed by atoms with van der Waals surface area (Å²) in [5.41, 5.74) is -0.966. The molecule has 57 valence electrons. The van der Waals surface area contributed by atoms with Crippen molar-refractivity contribution in [3.63, 3.8) is 0 Å². The summed E-state index contributed by atoms with van der Waals surface area (Å²) >= 11 is 5.48. The average Bonchev–Trinajstić information content (AvgIpc) is 2.05. The van der Waals surface area contributed by atoms with Gasteiger partial charge >= 0.3 is 0 Å². The summed E-state index contributed by atoms with van der Waals surface area (Å²) < 4.78 is 1.38. The van der Waals surface area contributed by atoms with E-state index < -0.39 is 5.50 Å². The van der Waals surface area contributed by atoms with Gasteiger partial charge in [-0.25, -0.2) is 0 Å². The summed E-state index contributed by atoms with van der Waals surface area (Å²) in [6, 6.07) is 2.65. The number of hydrogen-bond acceptors (Lipinski definition) is 2. The first-order valence-corrected chi connectivity index (χ1v) is 3.37. The first kappa shape index (κ1) is 8.01. The fraction of sp³-hybridized carbons (Fsp3) is 0.143. The second-order valence-electron chi connectivity index (χ2n) is 1.93. The maximum atomic E-state index is 10.6. The molecular weight excluding hydrogens is 166 g/mol. The Morgan fingerprint density at radius 1 is 1.45 bits per heavy atom. The molecule has 1 unspecified atom stereocenters. The number of rotatable bonds is 2. The van der Waals surface area contributed by atoms with Gasteiger partial charge in [0.25, 0.3) is 0 Å². The van der Waals surface area contributed by atoms with E-state index in [1.165, 1.54) is 29.1 Å². The van der Waals surface area contributed by atoms with E-state index >= 15 is 0 Å². The molecule has 0 spiro atoms. The van der Waals surface area contributed by atoms with Crippen molar-refractivity contribution in [2.75, 3.05) is 0 Å². The van der Waals surface area contributed by atoms with Crippen LogP contribution in [0.5, 0.6) is 0 Å². The third-order valence-corrected chi connectivity index (χ3v) is 1.50. The van der Waals surface area contributed by atoms with Crippen LogP contribution in [-0.2, 0) is 4.79 Å². The first-order valence-electron chi connectivity index (χ1n) is 2.93. The monoisotopic (exact) mass is 170 g/mol. The Bertz CT molecular complexity index is 287. The number of alkyl halides is 1. The van der Waals surface area contributed by atoms with E-state index in [1.807, 2.05) is 0 Å². The highest BCUT2D eigenvalue weighted by atomic mass is 35.5. The summed E-state index contributed by atoms with van der Waals surface area (Å²) in [6.07, 6.45) is 4.45. The Morgan fingerprint density at radius 3 is 2.45 bits per heavy atom. The molecule has 1 rings (SSSR count). The number of halogens is 1. The molecule has 1 atom stereocenters. The Hall–Kier alpha value is -1.09. The van der Waals surface area contributed by atoms with E-state index in [0.29, 0.717) is 0 Å². The molecule has 1 heterocycles. The standard InChI is InChI=1S/C7H5ClNO2/c8-7(5-10)9-3-1-6(11)2-4-9/h1-4,7H. The molecule has 1 aromatic heterocycles. The van der Waals surface area contributed by atoms with Crippen molar-refractivity contribution in [1.29, 1.82) is 0 Å². The zero-order valence-corrected chi connectivity index (χ0v) is 6.28. The molecule has 4 heteroatoms. The lowest BCUT2D eigenvalue weighted by atomic mass is 10.4. The van der Waals surface area contributed by atoms with Crippen LogP contribution in [0.25, 0.3) is 0 Å². The molecular formula is C7H5ClNO2. The van der Waals surface area contributed by atoms with Crippen LogP contribution in [0.3, 0.4) is 0 Å². The van der Waals surface area contributed by atoms with Crippen LogP contribution in [0, 0.1) is 0 Å². The van der Waals surface area contributed by atoms with Gasteiger partial charge in [0.05, 0.1) is 0 Å². The quantitative estimate of drug-likeness (QED) is 0.613. The van der Waals surface area contributed by atoms with Gasteiger partial charge < -0.3 is 4.57 Å². The minimum atomic E-state index is -0.851. The molecule has 0 aromatic carbocycles. The fourth-order valence-electron chi connectivity index (χ4n) is 0.636. The molecule has 0 amide bonds. The molecule has 1 aromatic rings. The topological polar surface area (TPSA) is 39.1 Å². The zero-order valence-electron chi connectivity index (χ0n) is 5.53. The van der Waals surface area contributed by atoms with Crippen LogP contribution >= 0.6 is 11.6 Å². The molecule has 3 nitrogen and oxygen atoms in total. The van der Waals surface area contributed by atoms with Crippen LogP contribution in [0.1, 0.15) is 5.50 Å². The average molecular weight is 171 g/mol. The minimum absolute atomic E-state index is 0.115. The van der Waals surface area contributed by atoms with Crippen molar-refractivity contribution >= 4 is 17.9 Å². The maximum Gasteiger partial charge on any atom is 0.239 e. The Balaban J connectivity index is 2.98. The van der Waals surface area contributed by atoms with Gasteiger partial charge in [-0.2, -0.15) is 0 Å². The summed E-state index contributed by atoms with van der Waals surface area (Å²) in [6.45, 7) is 0. The molecule has 0 fully saturated rings. The maximum absolute atomic E-state index is 10.6. The second-order valence-corrected chi connectivity index (χ2v) is 2.35. The third-order valence-electron chi connectivity index (χ3n) is 1.18. The van der Waals surface area contributed by atoms with Gasteiger partial charge in [-0.3, -0.25) is 9.59 Å². The Labute approximate surface area is 68.2 Å². The summed E-state index contributed by atoms with van der Waals surface area (Å²) in [5, 5.41) is 0. The lowest BCUT2D eigenvalue weighted by Gasteiger charge is -2.03. The summed E-state index contributed by atoms with van der Waals surface area (Å²) in [7, 11) is 0. The van der Waals surface area contributed by atoms with E-state index in [-0.39, 0.29) is 5.43 Å². The highest BCUT2D eigenvalue weighted by molar-refractivity contribution is 6.25. The zero-order chi connectivity index (χ0) is 8.27. The number of carbonyl (C=O) groups excluding carboxylic acids is 1. The van der Waals surface area contributed by atoms with Gasteiger partial charge in [0.1, 0.15) is 0 Å². The lowest BCUT2D eigenvalue weighted by molar-refractivity contribution is 0.541. The predicted molar refractivity (Wildman–Crippen MR) is 41.3 cm³/mol. The van der Waals surface area contributed by atoms with Crippen LogP contribution in [0.4, 0.5) is 0 Å². The number of hydrogen-bond donors (Lipinski definition) is 0. The molecule has 0 saturated heterocycles. The van der Waals surface area contributed by atoms with E-state index in [2.05, 4.69) is 0 Å². The first-order chi connectivity index (χ1) is 5.24. The minimum Gasteiger partial charge on any atom is -0.331 e. The SMILES string of the molecule is O=[C]C(Cl)n1ccc(=O)cc1. The van der Waals surface area contributed by atoms with Crippen molar-refractivity contribution in [1.82, 2.24) is 4.57 Å². The highest BCUT2D eigenvalue weighted by Crippen LogP contribution is 2.05. The van der Waals surface area contributed by atoms with Gasteiger partial charge in [0.15, 0.2) is 10.9 Å². The number of nitrogens with zero attached hydrogens (tertiary/aromatic N) is 1. The summed E-state index contributed by atoms with van der Waals surface area (Å²) in [5.74, 6) is 0. The molecule has 0 aliphatic carbocycles. The van der Waals surface area contributed by atoms with Gasteiger partial charge in [-0.05, 0) is 0 Å². The number of aromatic nitrogens is 1. The molecule has 11 heavy (non-hydrogen) atoms. The largest absolute Gasteiger partial charge is 0.331 e. The van der Waals surface area contributed by atoms with Gasteiger partial charge in [0, 0.05) is 24.5 Å². The molecule has 0 bridgehead atoms. The third kappa shape index (κ3) is 1.91. The molecule has 1 radical (unpaired) electrons. The molecule has 0 aliphatic heterocycles. The summed E-state index contributed by atoms with van der Waals surface area (Å²) in [4.78, 5) is 20.6. The van der Waals surface area contributed by atoms with E-state index in [0.717, 1.165) is 0 Å². The van der Waals surface area contributed by atoms with Gasteiger partial charge in [0.2, 0.25) is 6.29 Å². The molecule has 0 N–H and O–H groups in total. The van der Waals surface area contributed by atoms with Crippen molar-refractivity contribution in [2.45, 2.75) is 5.50 Å². The van der Waals surface area contributed by atoms with Crippen LogP contribution < -0.4 is 5.43 Å². The molecule has 0 aliphatic rings. The molecule has 0 saturated carbocycles. The van der Waals surface area contributed by atoms with Gasteiger partial charge in [-0.15, -0.1) is 0 Å². The number of pyridine rings is 1. The van der Waals surface area contributed by atoms with Crippen LogP contribution in [-0.4, -0.2) is 10.9 Å². The Morgan fingerprint density at radius 2 is 2.00 bits per heavy atom. The Kier molecular flexibility index (Phi) is 2.44.